The second-order valence-corrected chi connectivity index (χ2v) is 12.7. The first-order chi connectivity index (χ1) is 21.7. The van der Waals surface area contributed by atoms with E-state index in [1.807, 2.05) is 0 Å². The van der Waals surface area contributed by atoms with Crippen molar-refractivity contribution in [2.45, 2.75) is 31.7 Å². The molecule has 0 bridgehead atoms. The Morgan fingerprint density at radius 2 is 1.50 bits per heavy atom. The van der Waals surface area contributed by atoms with Crippen LogP contribution >= 0.6 is 0 Å². The van der Waals surface area contributed by atoms with E-state index >= 15 is 0 Å². The standard InChI is InChI=1S/C41H31N3/c1-25-17-20-37-34-23-35-32-14-9-13-31-30-12-5-6-16-38(30)44(41(31)32)39(35)22-27(34)18-19-33-28-10-3-4-11-29(28)36-15-7-8-21-42(36)40(33)26(2)43(37)24-25/h3-17,20-24,33,40H,2,18-19H2,1H3/q+2. The van der Waals surface area contributed by atoms with Crippen LogP contribution in [0.15, 0.2) is 128 Å². The van der Waals surface area contributed by atoms with Crippen LogP contribution in [0.1, 0.15) is 35.1 Å². The number of fused-ring (bicyclic) bond motifs is 15. The van der Waals surface area contributed by atoms with Gasteiger partial charge in [0.15, 0.2) is 12.4 Å². The number of hydrogen-bond acceptors (Lipinski definition) is 0. The minimum atomic E-state index is 0.113. The molecular formula is C41H31N3+2. The average Bonchev–Trinajstić information content (AvgIpc) is 3.59. The van der Waals surface area contributed by atoms with Gasteiger partial charge in [0.25, 0.3) is 0 Å². The van der Waals surface area contributed by atoms with Crippen molar-refractivity contribution in [2.24, 2.45) is 0 Å². The van der Waals surface area contributed by atoms with Crippen LogP contribution in [0.25, 0.3) is 66.3 Å². The van der Waals surface area contributed by atoms with Crippen LogP contribution in [0.3, 0.4) is 0 Å². The van der Waals surface area contributed by atoms with Gasteiger partial charge < -0.3 is 4.40 Å². The van der Waals surface area contributed by atoms with E-state index in [2.05, 4.69) is 142 Å². The van der Waals surface area contributed by atoms with E-state index in [1.54, 1.807) is 0 Å². The Labute approximate surface area is 255 Å². The van der Waals surface area contributed by atoms with Gasteiger partial charge in [0.1, 0.15) is 0 Å². The first kappa shape index (κ1) is 24.2. The van der Waals surface area contributed by atoms with Crippen LogP contribution in [0.4, 0.5) is 0 Å². The van der Waals surface area contributed by atoms with Gasteiger partial charge in [-0.3, -0.25) is 0 Å². The lowest BCUT2D eigenvalue weighted by molar-refractivity contribution is -0.727. The van der Waals surface area contributed by atoms with Crippen molar-refractivity contribution in [3.63, 3.8) is 0 Å². The lowest BCUT2D eigenvalue weighted by Crippen LogP contribution is -2.53. The molecule has 0 N–H and O–H groups in total. The smallest absolute Gasteiger partial charge is 0.249 e. The molecule has 0 saturated carbocycles. The van der Waals surface area contributed by atoms with Crippen molar-refractivity contribution < 1.29 is 9.13 Å². The summed E-state index contributed by atoms with van der Waals surface area (Å²) in [7, 11) is 0. The molecule has 2 aliphatic heterocycles. The van der Waals surface area contributed by atoms with Crippen molar-refractivity contribution in [1.29, 1.82) is 0 Å². The van der Waals surface area contributed by atoms with Crippen molar-refractivity contribution in [1.82, 2.24) is 4.40 Å². The minimum Gasteiger partial charge on any atom is -0.308 e. The zero-order valence-corrected chi connectivity index (χ0v) is 24.7. The maximum atomic E-state index is 4.87. The van der Waals surface area contributed by atoms with E-state index in [-0.39, 0.29) is 6.04 Å². The number of rotatable bonds is 0. The Bertz CT molecular complexity index is 2500. The summed E-state index contributed by atoms with van der Waals surface area (Å²) in [6, 6.07) is 40.9. The van der Waals surface area contributed by atoms with E-state index < -0.39 is 0 Å². The highest BCUT2D eigenvalue weighted by atomic mass is 15.1. The van der Waals surface area contributed by atoms with Gasteiger partial charge in [-0.15, -0.1) is 0 Å². The summed E-state index contributed by atoms with van der Waals surface area (Å²) in [5.74, 6) is 0.301. The fourth-order valence-electron chi connectivity index (χ4n) is 8.53. The third kappa shape index (κ3) is 3.06. The lowest BCUT2D eigenvalue weighted by Gasteiger charge is -2.29. The third-order valence-electron chi connectivity index (χ3n) is 10.4. The monoisotopic (exact) mass is 565 g/mol. The molecule has 0 fully saturated rings. The molecule has 2 unspecified atom stereocenters. The number of aryl methyl sites for hydroxylation is 2. The van der Waals surface area contributed by atoms with Crippen LogP contribution in [0.2, 0.25) is 0 Å². The Balaban J connectivity index is 1.29. The SMILES string of the molecule is C=C1C2C(CCc3cc4c(cc3-c3ccc(C)c[n+]31)c1cccc3c5ccccc5n4c31)c1ccccc1-c1cccc[n+]12. The zero-order chi connectivity index (χ0) is 29.1. The number of pyridine rings is 2. The molecule has 208 valence electrons. The highest BCUT2D eigenvalue weighted by Crippen LogP contribution is 2.46. The van der Waals surface area contributed by atoms with E-state index in [9.17, 15) is 0 Å². The molecule has 0 spiro atoms. The highest BCUT2D eigenvalue weighted by Gasteiger charge is 2.46. The summed E-state index contributed by atoms with van der Waals surface area (Å²) < 4.78 is 7.38. The third-order valence-corrected chi connectivity index (χ3v) is 10.4. The number of hydrogen-bond donors (Lipinski definition) is 0. The van der Waals surface area contributed by atoms with Crippen molar-refractivity contribution >= 4 is 43.8 Å². The Kier molecular flexibility index (Phi) is 4.75. The molecule has 8 aromatic rings. The van der Waals surface area contributed by atoms with Gasteiger partial charge in [-0.2, -0.15) is 9.13 Å². The summed E-state index contributed by atoms with van der Waals surface area (Å²) in [6.45, 7) is 7.05. The average molecular weight is 566 g/mol. The van der Waals surface area contributed by atoms with Gasteiger partial charge in [0.2, 0.25) is 23.1 Å². The van der Waals surface area contributed by atoms with E-state index in [4.69, 9.17) is 6.58 Å². The van der Waals surface area contributed by atoms with E-state index in [1.165, 1.54) is 77.3 Å². The minimum absolute atomic E-state index is 0.113. The molecule has 4 aromatic heterocycles. The van der Waals surface area contributed by atoms with Crippen LogP contribution in [-0.4, -0.2) is 4.40 Å². The molecule has 6 heterocycles. The summed E-state index contributed by atoms with van der Waals surface area (Å²) in [5, 5.41) is 5.29. The van der Waals surface area contributed by atoms with Crippen LogP contribution < -0.4 is 9.13 Å². The largest absolute Gasteiger partial charge is 0.308 e. The number of benzene rings is 4. The van der Waals surface area contributed by atoms with E-state index in [0.29, 0.717) is 5.92 Å². The molecule has 0 aliphatic carbocycles. The van der Waals surface area contributed by atoms with Crippen molar-refractivity contribution in [3.8, 4) is 22.5 Å². The predicted molar refractivity (Wildman–Crippen MR) is 179 cm³/mol. The maximum absolute atomic E-state index is 4.87. The molecule has 3 heteroatoms. The molecule has 0 radical (unpaired) electrons. The van der Waals surface area contributed by atoms with Crippen LogP contribution in [0.5, 0.6) is 0 Å². The first-order valence-corrected chi connectivity index (χ1v) is 15.7. The normalized spacial score (nSPS) is 17.5. The second-order valence-electron chi connectivity index (χ2n) is 12.7. The Hall–Kier alpha value is -5.28. The fourth-order valence-corrected chi connectivity index (χ4v) is 8.53. The zero-order valence-electron chi connectivity index (χ0n) is 24.7. The van der Waals surface area contributed by atoms with Gasteiger partial charge in [0, 0.05) is 50.9 Å². The highest BCUT2D eigenvalue weighted by molar-refractivity contribution is 6.23. The molecule has 2 atom stereocenters. The quantitative estimate of drug-likeness (QED) is 0.163. The number of nitrogens with zero attached hydrogens (tertiary/aromatic N) is 3. The van der Waals surface area contributed by atoms with Gasteiger partial charge >= 0.3 is 0 Å². The van der Waals surface area contributed by atoms with Crippen molar-refractivity contribution in [2.75, 3.05) is 0 Å². The maximum Gasteiger partial charge on any atom is 0.249 e. The molecule has 4 aromatic carbocycles. The number of para-hydroxylation sites is 2. The van der Waals surface area contributed by atoms with Crippen LogP contribution in [-0.2, 0) is 6.42 Å². The Morgan fingerprint density at radius 1 is 0.705 bits per heavy atom. The van der Waals surface area contributed by atoms with E-state index in [0.717, 1.165) is 18.5 Å². The molecular weight excluding hydrogens is 534 g/mol. The summed E-state index contributed by atoms with van der Waals surface area (Å²) in [4.78, 5) is 0. The second kappa shape index (κ2) is 8.64. The molecule has 2 aliphatic rings. The molecule has 44 heavy (non-hydrogen) atoms. The molecule has 10 rings (SSSR count). The van der Waals surface area contributed by atoms with Crippen molar-refractivity contribution in [3.05, 3.63) is 145 Å². The summed E-state index contributed by atoms with van der Waals surface area (Å²) >= 11 is 0. The molecule has 0 saturated heterocycles. The fraction of sp³-hybridized carbons (Fsp3) is 0.122. The molecule has 3 nitrogen and oxygen atoms in total. The van der Waals surface area contributed by atoms with Crippen LogP contribution in [0, 0.1) is 6.92 Å². The summed E-state index contributed by atoms with van der Waals surface area (Å²) in [6.07, 6.45) is 6.57. The molecule has 0 amide bonds. The van der Waals surface area contributed by atoms with Gasteiger partial charge in [-0.1, -0.05) is 54.6 Å². The van der Waals surface area contributed by atoms with Gasteiger partial charge in [-0.25, -0.2) is 0 Å². The number of allylic oxidation sites excluding steroid dienone is 1. The topological polar surface area (TPSA) is 12.2 Å². The Morgan fingerprint density at radius 3 is 2.43 bits per heavy atom. The lowest BCUT2D eigenvalue weighted by atomic mass is 9.78. The van der Waals surface area contributed by atoms with Gasteiger partial charge in [-0.05, 0) is 73.9 Å². The number of aromatic nitrogens is 3. The first-order valence-electron chi connectivity index (χ1n) is 15.7. The van der Waals surface area contributed by atoms with Gasteiger partial charge in [0.05, 0.1) is 28.0 Å². The summed E-state index contributed by atoms with van der Waals surface area (Å²) in [5.41, 5.74) is 14.2. The predicted octanol–water partition coefficient (Wildman–Crippen LogP) is 8.81.